The first kappa shape index (κ1) is 19.3. The first-order valence-corrected chi connectivity index (χ1v) is 8.40. The van der Waals surface area contributed by atoms with Crippen LogP contribution < -0.4 is 5.43 Å². The van der Waals surface area contributed by atoms with Gasteiger partial charge >= 0.3 is 5.97 Å². The molecule has 1 aromatic heterocycles. The number of aromatic nitrogens is 1. The maximum absolute atomic E-state index is 14.1. The SMILES string of the molecule is O=C(O)C(=O)C=C(O)c1cn(Cc2ccccc2F)c2c(Cl)cccc2c1=O. The van der Waals surface area contributed by atoms with E-state index in [-0.39, 0.29) is 22.5 Å². The van der Waals surface area contributed by atoms with Crippen molar-refractivity contribution in [1.29, 1.82) is 0 Å². The second-order valence-corrected chi connectivity index (χ2v) is 6.33. The number of para-hydroxylation sites is 1. The first-order valence-electron chi connectivity index (χ1n) is 8.03. The minimum absolute atomic E-state index is 0.0135. The number of carbonyl (C=O) groups is 2. The fraction of sp³-hybridized carbons (Fsp3) is 0.0500. The van der Waals surface area contributed by atoms with Crippen molar-refractivity contribution in [2.75, 3.05) is 0 Å². The number of carboxylic acid groups (broad SMARTS) is 1. The molecular weight excluding hydrogens is 389 g/mol. The van der Waals surface area contributed by atoms with Crippen LogP contribution >= 0.6 is 11.6 Å². The Labute approximate surface area is 162 Å². The molecule has 0 saturated carbocycles. The topological polar surface area (TPSA) is 96.6 Å². The zero-order chi connectivity index (χ0) is 20.4. The highest BCUT2D eigenvalue weighted by Crippen LogP contribution is 2.24. The van der Waals surface area contributed by atoms with Gasteiger partial charge < -0.3 is 14.8 Å². The number of carbonyl (C=O) groups excluding carboxylic acids is 1. The summed E-state index contributed by atoms with van der Waals surface area (Å²) in [6, 6.07) is 10.6. The molecule has 28 heavy (non-hydrogen) atoms. The van der Waals surface area contributed by atoms with Crippen molar-refractivity contribution < 1.29 is 24.2 Å². The molecule has 0 unspecified atom stereocenters. The van der Waals surface area contributed by atoms with Gasteiger partial charge in [0.25, 0.3) is 5.78 Å². The molecule has 0 saturated heterocycles. The second-order valence-electron chi connectivity index (χ2n) is 5.93. The van der Waals surface area contributed by atoms with Gasteiger partial charge in [0.15, 0.2) is 5.43 Å². The molecule has 0 bridgehead atoms. The number of aliphatic carboxylic acids is 1. The van der Waals surface area contributed by atoms with E-state index in [1.54, 1.807) is 18.2 Å². The summed E-state index contributed by atoms with van der Waals surface area (Å²) in [6.45, 7) is -0.0135. The minimum Gasteiger partial charge on any atom is -0.507 e. The molecule has 142 valence electrons. The van der Waals surface area contributed by atoms with Crippen LogP contribution in [0, 0.1) is 5.82 Å². The fourth-order valence-electron chi connectivity index (χ4n) is 2.80. The van der Waals surface area contributed by atoms with Gasteiger partial charge in [0.2, 0.25) is 0 Å². The van der Waals surface area contributed by atoms with Crippen molar-refractivity contribution in [3.8, 4) is 0 Å². The average molecular weight is 402 g/mol. The van der Waals surface area contributed by atoms with Crippen molar-refractivity contribution in [1.82, 2.24) is 4.57 Å². The Morgan fingerprint density at radius 2 is 1.82 bits per heavy atom. The number of aliphatic hydroxyl groups is 1. The summed E-state index contributed by atoms with van der Waals surface area (Å²) >= 11 is 6.24. The van der Waals surface area contributed by atoms with Gasteiger partial charge in [-0.25, -0.2) is 9.18 Å². The Balaban J connectivity index is 2.26. The van der Waals surface area contributed by atoms with E-state index in [1.165, 1.54) is 35.0 Å². The molecule has 1 heterocycles. The number of fused-ring (bicyclic) bond motifs is 1. The molecule has 0 amide bonds. The maximum Gasteiger partial charge on any atom is 0.376 e. The van der Waals surface area contributed by atoms with E-state index in [1.807, 2.05) is 0 Å². The van der Waals surface area contributed by atoms with Crippen molar-refractivity contribution in [3.05, 3.63) is 86.9 Å². The van der Waals surface area contributed by atoms with Crippen LogP contribution in [-0.4, -0.2) is 26.5 Å². The lowest BCUT2D eigenvalue weighted by atomic mass is 10.1. The van der Waals surface area contributed by atoms with Gasteiger partial charge in [-0.05, 0) is 18.2 Å². The quantitative estimate of drug-likeness (QED) is 0.388. The van der Waals surface area contributed by atoms with Crippen molar-refractivity contribution >= 4 is 40.0 Å². The Morgan fingerprint density at radius 3 is 2.50 bits per heavy atom. The third-order valence-electron chi connectivity index (χ3n) is 4.10. The number of hydrogen-bond acceptors (Lipinski definition) is 4. The van der Waals surface area contributed by atoms with Crippen LogP contribution in [0.15, 0.2) is 59.5 Å². The Kier molecular flexibility index (Phi) is 5.28. The summed E-state index contributed by atoms with van der Waals surface area (Å²) in [5.74, 6) is -4.43. The number of hydrogen-bond donors (Lipinski definition) is 2. The van der Waals surface area contributed by atoms with Crippen LogP contribution in [0.25, 0.3) is 16.7 Å². The molecule has 6 nitrogen and oxygen atoms in total. The van der Waals surface area contributed by atoms with E-state index in [2.05, 4.69) is 0 Å². The van der Waals surface area contributed by atoms with Gasteiger partial charge in [0, 0.05) is 23.2 Å². The van der Waals surface area contributed by atoms with E-state index in [9.17, 15) is 23.9 Å². The predicted molar refractivity (Wildman–Crippen MR) is 102 cm³/mol. The summed E-state index contributed by atoms with van der Waals surface area (Å²) in [5, 5.41) is 19.2. The zero-order valence-corrected chi connectivity index (χ0v) is 15.0. The molecule has 2 aromatic carbocycles. The molecule has 8 heteroatoms. The van der Waals surface area contributed by atoms with E-state index >= 15 is 0 Å². The number of benzene rings is 2. The molecule has 0 aliphatic carbocycles. The highest BCUT2D eigenvalue weighted by molar-refractivity contribution is 6.38. The molecule has 0 atom stereocenters. The Bertz CT molecular complexity index is 1200. The summed E-state index contributed by atoms with van der Waals surface area (Å²) < 4.78 is 15.6. The van der Waals surface area contributed by atoms with E-state index in [0.717, 1.165) is 0 Å². The lowest BCUT2D eigenvalue weighted by molar-refractivity contribution is -0.146. The fourth-order valence-corrected chi connectivity index (χ4v) is 3.08. The van der Waals surface area contributed by atoms with Crippen molar-refractivity contribution in [2.45, 2.75) is 6.54 Å². The standard InChI is InChI=1S/C20H13ClFNO5/c21-14-6-3-5-12-18(14)23(9-11-4-1-2-7-15(11)22)10-13(19(12)26)16(24)8-17(25)20(27)28/h1-8,10,24H,9H2,(H,27,28). The molecular formula is C20H13ClFNO5. The lowest BCUT2D eigenvalue weighted by Gasteiger charge is -2.15. The smallest absolute Gasteiger partial charge is 0.376 e. The number of halogens is 2. The maximum atomic E-state index is 14.1. The number of ketones is 1. The van der Waals surface area contributed by atoms with Crippen LogP contribution in [0.4, 0.5) is 4.39 Å². The number of rotatable bonds is 5. The molecule has 0 fully saturated rings. The molecule has 2 N–H and O–H groups in total. The monoisotopic (exact) mass is 401 g/mol. The minimum atomic E-state index is -1.78. The summed E-state index contributed by atoms with van der Waals surface area (Å²) in [4.78, 5) is 34.8. The average Bonchev–Trinajstić information content (AvgIpc) is 2.65. The van der Waals surface area contributed by atoms with E-state index in [4.69, 9.17) is 16.7 Å². The lowest BCUT2D eigenvalue weighted by Crippen LogP contribution is -2.17. The van der Waals surface area contributed by atoms with Gasteiger partial charge in [0.05, 0.1) is 22.6 Å². The van der Waals surface area contributed by atoms with Crippen molar-refractivity contribution in [2.24, 2.45) is 0 Å². The van der Waals surface area contributed by atoms with Gasteiger partial charge in [-0.3, -0.25) is 9.59 Å². The van der Waals surface area contributed by atoms with Gasteiger partial charge in [-0.15, -0.1) is 0 Å². The summed E-state index contributed by atoms with van der Waals surface area (Å²) in [7, 11) is 0. The zero-order valence-electron chi connectivity index (χ0n) is 14.2. The third-order valence-corrected chi connectivity index (χ3v) is 4.41. The largest absolute Gasteiger partial charge is 0.507 e. The highest BCUT2D eigenvalue weighted by Gasteiger charge is 2.17. The van der Waals surface area contributed by atoms with Crippen LogP contribution in [0.5, 0.6) is 0 Å². The number of carboxylic acids is 1. The second kappa shape index (κ2) is 7.66. The number of nitrogens with zero attached hydrogens (tertiary/aromatic N) is 1. The third kappa shape index (κ3) is 3.65. The van der Waals surface area contributed by atoms with Gasteiger partial charge in [-0.1, -0.05) is 35.9 Å². The van der Waals surface area contributed by atoms with E-state index < -0.39 is 28.8 Å². The summed E-state index contributed by atoms with van der Waals surface area (Å²) in [5.41, 5.74) is -0.322. The van der Waals surface area contributed by atoms with Gasteiger partial charge in [0.1, 0.15) is 11.6 Å². The number of pyridine rings is 1. The molecule has 3 rings (SSSR count). The first-order chi connectivity index (χ1) is 13.3. The molecule has 0 radical (unpaired) electrons. The van der Waals surface area contributed by atoms with Crippen LogP contribution in [-0.2, 0) is 16.1 Å². The molecule has 0 aliphatic rings. The Hall–Kier alpha value is -3.45. The van der Waals surface area contributed by atoms with E-state index in [0.29, 0.717) is 17.2 Å². The molecule has 0 spiro atoms. The summed E-state index contributed by atoms with van der Waals surface area (Å²) in [6.07, 6.45) is 1.66. The normalized spacial score (nSPS) is 11.6. The van der Waals surface area contributed by atoms with Crippen molar-refractivity contribution in [3.63, 3.8) is 0 Å². The van der Waals surface area contributed by atoms with Crippen LogP contribution in [0.1, 0.15) is 11.1 Å². The molecule has 3 aromatic rings. The highest BCUT2D eigenvalue weighted by atomic mass is 35.5. The predicted octanol–water partition coefficient (Wildman–Crippen LogP) is 3.39. The van der Waals surface area contributed by atoms with Crippen LogP contribution in [0.2, 0.25) is 5.02 Å². The number of aliphatic hydroxyl groups excluding tert-OH is 1. The van der Waals surface area contributed by atoms with Gasteiger partial charge in [-0.2, -0.15) is 0 Å². The van der Waals surface area contributed by atoms with Crippen LogP contribution in [0.3, 0.4) is 0 Å². The Morgan fingerprint density at radius 1 is 1.11 bits per heavy atom. The molecule has 0 aliphatic heterocycles.